The first-order valence-electron chi connectivity index (χ1n) is 9.51. The van der Waals surface area contributed by atoms with Crippen molar-refractivity contribution in [1.29, 1.82) is 0 Å². The number of benzene rings is 3. The summed E-state index contributed by atoms with van der Waals surface area (Å²) in [5, 5.41) is 6.20. The number of rotatable bonds is 6. The smallest absolute Gasteiger partial charge is 0.406 e. The highest BCUT2D eigenvalue weighted by Crippen LogP contribution is 2.25. The van der Waals surface area contributed by atoms with Crippen LogP contribution in [0.1, 0.15) is 18.9 Å². The SMILES string of the molecule is CCC(=NOC(=O)Nc1ccc(OC(F)(F)F)cc1)c1ccc(-c2ccccc2F)cc1. The number of alkyl halides is 3. The molecule has 3 aromatic carbocycles. The van der Waals surface area contributed by atoms with E-state index >= 15 is 0 Å². The monoisotopic (exact) mass is 446 g/mol. The van der Waals surface area contributed by atoms with Gasteiger partial charge in [0.2, 0.25) is 0 Å². The van der Waals surface area contributed by atoms with E-state index < -0.39 is 18.2 Å². The number of ether oxygens (including phenoxy) is 1. The molecule has 0 unspecified atom stereocenters. The topological polar surface area (TPSA) is 59.9 Å². The molecule has 3 aromatic rings. The Morgan fingerprint density at radius 3 is 2.22 bits per heavy atom. The molecule has 0 aromatic heterocycles. The van der Waals surface area contributed by atoms with Crippen LogP contribution in [-0.2, 0) is 4.84 Å². The molecule has 166 valence electrons. The van der Waals surface area contributed by atoms with Crippen molar-refractivity contribution in [1.82, 2.24) is 0 Å². The van der Waals surface area contributed by atoms with Crippen molar-refractivity contribution in [3.63, 3.8) is 0 Å². The fourth-order valence-corrected chi connectivity index (χ4v) is 2.84. The minimum atomic E-state index is -4.80. The average Bonchev–Trinajstić information content (AvgIpc) is 2.75. The zero-order valence-corrected chi connectivity index (χ0v) is 16.8. The number of hydrogen-bond donors (Lipinski definition) is 1. The number of nitrogens with one attached hydrogen (secondary N) is 1. The lowest BCUT2D eigenvalue weighted by Gasteiger charge is -2.09. The van der Waals surface area contributed by atoms with E-state index in [1.165, 1.54) is 18.2 Å². The summed E-state index contributed by atoms with van der Waals surface area (Å²) >= 11 is 0. The van der Waals surface area contributed by atoms with E-state index in [-0.39, 0.29) is 11.5 Å². The van der Waals surface area contributed by atoms with Gasteiger partial charge in [-0.05, 0) is 47.9 Å². The molecular weight excluding hydrogens is 428 g/mol. The van der Waals surface area contributed by atoms with Crippen LogP contribution in [0.4, 0.5) is 28.0 Å². The second-order valence-corrected chi connectivity index (χ2v) is 6.52. The van der Waals surface area contributed by atoms with E-state index in [0.717, 1.165) is 12.1 Å². The molecule has 0 heterocycles. The van der Waals surface area contributed by atoms with Gasteiger partial charge in [-0.1, -0.05) is 54.5 Å². The summed E-state index contributed by atoms with van der Waals surface area (Å²) in [4.78, 5) is 16.8. The Bertz CT molecular complexity index is 1100. The van der Waals surface area contributed by atoms with Crippen molar-refractivity contribution in [2.75, 3.05) is 5.32 Å². The van der Waals surface area contributed by atoms with Gasteiger partial charge >= 0.3 is 12.5 Å². The number of halogens is 4. The minimum absolute atomic E-state index is 0.201. The number of hydrogen-bond acceptors (Lipinski definition) is 4. The largest absolute Gasteiger partial charge is 0.573 e. The van der Waals surface area contributed by atoms with E-state index in [4.69, 9.17) is 4.84 Å². The summed E-state index contributed by atoms with van der Waals surface area (Å²) in [7, 11) is 0. The Hall–Kier alpha value is -3.88. The van der Waals surface area contributed by atoms with E-state index in [2.05, 4.69) is 15.2 Å². The van der Waals surface area contributed by atoms with Crippen LogP contribution in [0.3, 0.4) is 0 Å². The zero-order valence-electron chi connectivity index (χ0n) is 16.8. The second kappa shape index (κ2) is 9.95. The maximum Gasteiger partial charge on any atom is 0.573 e. The van der Waals surface area contributed by atoms with Crippen LogP contribution in [-0.4, -0.2) is 18.2 Å². The van der Waals surface area contributed by atoms with Gasteiger partial charge in [0.25, 0.3) is 0 Å². The predicted molar refractivity (Wildman–Crippen MR) is 112 cm³/mol. The highest BCUT2D eigenvalue weighted by atomic mass is 19.4. The number of oxime groups is 1. The third-order valence-corrected chi connectivity index (χ3v) is 4.31. The van der Waals surface area contributed by atoms with Gasteiger partial charge in [-0.15, -0.1) is 13.2 Å². The van der Waals surface area contributed by atoms with Crippen LogP contribution < -0.4 is 10.1 Å². The molecule has 3 rings (SSSR count). The highest BCUT2D eigenvalue weighted by Gasteiger charge is 2.30. The van der Waals surface area contributed by atoms with Gasteiger partial charge in [0.05, 0.1) is 5.71 Å². The van der Waals surface area contributed by atoms with Gasteiger partial charge in [0, 0.05) is 11.3 Å². The summed E-state index contributed by atoms with van der Waals surface area (Å²) in [5.74, 6) is -0.746. The lowest BCUT2D eigenvalue weighted by atomic mass is 10.0. The quantitative estimate of drug-likeness (QED) is 0.197. The molecule has 0 saturated heterocycles. The molecule has 0 radical (unpaired) electrons. The highest BCUT2D eigenvalue weighted by molar-refractivity contribution is 6.01. The number of amides is 1. The molecule has 0 aliphatic carbocycles. The molecule has 0 spiro atoms. The summed E-state index contributed by atoms with van der Waals surface area (Å²) in [6.07, 6.45) is -5.26. The Balaban J connectivity index is 1.63. The molecule has 0 aliphatic rings. The van der Waals surface area contributed by atoms with E-state index in [1.54, 1.807) is 42.5 Å². The van der Waals surface area contributed by atoms with Gasteiger partial charge in [0.1, 0.15) is 11.6 Å². The van der Waals surface area contributed by atoms with Crippen LogP contribution in [0.2, 0.25) is 0 Å². The summed E-state index contributed by atoms with van der Waals surface area (Å²) in [6.45, 7) is 1.82. The molecular formula is C23H18F4N2O3. The molecule has 1 amide bonds. The minimum Gasteiger partial charge on any atom is -0.406 e. The van der Waals surface area contributed by atoms with Crippen molar-refractivity contribution in [2.45, 2.75) is 19.7 Å². The number of carbonyl (C=O) groups excluding carboxylic acids is 1. The lowest BCUT2D eigenvalue weighted by molar-refractivity contribution is -0.274. The van der Waals surface area contributed by atoms with Gasteiger partial charge in [-0.3, -0.25) is 10.2 Å². The van der Waals surface area contributed by atoms with Crippen molar-refractivity contribution >= 4 is 17.5 Å². The summed E-state index contributed by atoms with van der Waals surface area (Å²) < 4.78 is 54.3. The average molecular weight is 446 g/mol. The molecule has 0 saturated carbocycles. The Morgan fingerprint density at radius 2 is 1.62 bits per heavy atom. The first-order valence-corrected chi connectivity index (χ1v) is 9.51. The van der Waals surface area contributed by atoms with Crippen molar-refractivity contribution < 1.29 is 31.9 Å². The van der Waals surface area contributed by atoms with Crippen molar-refractivity contribution in [3.05, 3.63) is 84.2 Å². The fourth-order valence-electron chi connectivity index (χ4n) is 2.84. The molecule has 0 fully saturated rings. The van der Waals surface area contributed by atoms with Gasteiger partial charge in [-0.2, -0.15) is 0 Å². The molecule has 5 nitrogen and oxygen atoms in total. The fraction of sp³-hybridized carbons (Fsp3) is 0.130. The second-order valence-electron chi connectivity index (χ2n) is 6.52. The molecule has 0 aliphatic heterocycles. The Kier molecular flexibility index (Phi) is 7.09. The molecule has 0 atom stereocenters. The molecule has 1 N–H and O–H groups in total. The van der Waals surface area contributed by atoms with Crippen molar-refractivity contribution in [2.24, 2.45) is 5.16 Å². The first-order chi connectivity index (χ1) is 15.2. The number of anilines is 1. The first kappa shape index (κ1) is 22.8. The van der Waals surface area contributed by atoms with Crippen LogP contribution in [0.15, 0.2) is 78.0 Å². The third-order valence-electron chi connectivity index (χ3n) is 4.31. The number of nitrogens with zero attached hydrogens (tertiary/aromatic N) is 1. The van der Waals surface area contributed by atoms with E-state index in [1.807, 2.05) is 6.92 Å². The maximum absolute atomic E-state index is 13.9. The predicted octanol–water partition coefficient (Wildman–Crippen LogP) is 6.75. The molecule has 9 heteroatoms. The Labute approximate surface area is 181 Å². The molecule has 32 heavy (non-hydrogen) atoms. The number of carbonyl (C=O) groups is 1. The Morgan fingerprint density at radius 1 is 0.969 bits per heavy atom. The van der Waals surface area contributed by atoms with E-state index in [9.17, 15) is 22.4 Å². The standard InChI is InChI=1S/C23H18F4N2O3/c1-2-21(16-9-7-15(8-10-16)19-5-3-4-6-20(19)24)29-32-22(30)28-17-11-13-18(14-12-17)31-23(25,26)27/h3-14H,2H2,1H3,(H,28,30). The van der Waals surface area contributed by atoms with Gasteiger partial charge in [-0.25, -0.2) is 9.18 Å². The van der Waals surface area contributed by atoms with Gasteiger partial charge < -0.3 is 4.74 Å². The van der Waals surface area contributed by atoms with Crippen LogP contribution >= 0.6 is 0 Å². The lowest BCUT2D eigenvalue weighted by Crippen LogP contribution is -2.17. The van der Waals surface area contributed by atoms with E-state index in [0.29, 0.717) is 28.8 Å². The zero-order chi connectivity index (χ0) is 23.1. The van der Waals surface area contributed by atoms with Gasteiger partial charge in [0.15, 0.2) is 0 Å². The van der Waals surface area contributed by atoms with Crippen molar-refractivity contribution in [3.8, 4) is 16.9 Å². The molecule has 0 bridgehead atoms. The maximum atomic E-state index is 13.9. The third kappa shape index (κ3) is 6.31. The normalized spacial score (nSPS) is 11.7. The van der Waals surface area contributed by atoms with Crippen LogP contribution in [0, 0.1) is 5.82 Å². The summed E-state index contributed by atoms with van der Waals surface area (Å²) in [6, 6.07) is 17.9. The van der Waals surface area contributed by atoms with Crippen LogP contribution in [0.25, 0.3) is 11.1 Å². The van der Waals surface area contributed by atoms with Crippen LogP contribution in [0.5, 0.6) is 5.75 Å². The summed E-state index contributed by atoms with van der Waals surface area (Å²) in [5.41, 5.74) is 2.53.